The molecule has 3 nitrogen and oxygen atoms in total. The summed E-state index contributed by atoms with van der Waals surface area (Å²) in [5.41, 5.74) is 3.63. The average Bonchev–Trinajstić information content (AvgIpc) is 2.97. The molecule has 0 bridgehead atoms. The number of β-amino-alcohol motifs (C(OH)–C–C–N with tert-alkyl or cyclic N) is 1. The number of aliphatic hydroxyl groups excluding tert-OH is 1. The fourth-order valence-electron chi connectivity index (χ4n) is 2.38. The van der Waals surface area contributed by atoms with Gasteiger partial charge in [0.15, 0.2) is 0 Å². The minimum atomic E-state index is 0.186. The smallest absolute Gasteiger partial charge is 0.0942 e. The van der Waals surface area contributed by atoms with Crippen molar-refractivity contribution in [3.63, 3.8) is 0 Å². The van der Waals surface area contributed by atoms with Gasteiger partial charge in [0.1, 0.15) is 0 Å². The topological polar surface area (TPSA) is 26.7 Å². The molecule has 0 unspecified atom stereocenters. The van der Waals surface area contributed by atoms with Crippen LogP contribution in [0.5, 0.6) is 0 Å². The molecule has 0 atom stereocenters. The Morgan fingerprint density at radius 2 is 1.55 bits per heavy atom. The highest BCUT2D eigenvalue weighted by molar-refractivity contribution is 5.66. The zero-order valence-corrected chi connectivity index (χ0v) is 11.3. The van der Waals surface area contributed by atoms with Crippen molar-refractivity contribution in [2.75, 3.05) is 24.7 Å². The molecule has 3 heteroatoms. The van der Waals surface area contributed by atoms with Crippen molar-refractivity contribution in [2.45, 2.75) is 0 Å². The van der Waals surface area contributed by atoms with Crippen LogP contribution in [-0.2, 0) is 0 Å². The molecular weight excluding hydrogens is 248 g/mol. The molecule has 102 valence electrons. The van der Waals surface area contributed by atoms with Crippen molar-refractivity contribution in [2.24, 2.45) is 0 Å². The van der Waals surface area contributed by atoms with E-state index in [1.807, 2.05) is 18.5 Å². The van der Waals surface area contributed by atoms with Crippen LogP contribution in [0.15, 0.2) is 67.0 Å². The molecule has 0 amide bonds. The fraction of sp³-hybridized carbons (Fsp3) is 0.176. The maximum atomic E-state index is 8.95. The first-order chi connectivity index (χ1) is 9.86. The number of hydrogen-bond donors (Lipinski definition) is 1. The highest BCUT2D eigenvalue weighted by Crippen LogP contribution is 2.24. The first-order valence-electron chi connectivity index (χ1n) is 6.82. The van der Waals surface area contributed by atoms with E-state index >= 15 is 0 Å². The lowest BCUT2D eigenvalue weighted by atomic mass is 10.1. The van der Waals surface area contributed by atoms with E-state index < -0.39 is 0 Å². The molecule has 1 heterocycles. The zero-order valence-electron chi connectivity index (χ0n) is 11.3. The van der Waals surface area contributed by atoms with Gasteiger partial charge in [-0.15, -0.1) is 0 Å². The Hall–Kier alpha value is -2.26. The molecule has 0 fully saturated rings. The van der Waals surface area contributed by atoms with Crippen LogP contribution in [0.4, 0.5) is 5.69 Å². The summed E-state index contributed by atoms with van der Waals surface area (Å²) in [4.78, 5) is 4.26. The highest BCUT2D eigenvalue weighted by atomic mass is 16.3. The van der Waals surface area contributed by atoms with Gasteiger partial charge < -0.3 is 14.9 Å². The van der Waals surface area contributed by atoms with Gasteiger partial charge in [-0.05, 0) is 23.3 Å². The van der Waals surface area contributed by atoms with Gasteiger partial charge in [-0.2, -0.15) is 0 Å². The number of benzene rings is 2. The number of anilines is 1. The van der Waals surface area contributed by atoms with Crippen molar-refractivity contribution in [1.29, 1.82) is 0 Å². The Morgan fingerprint density at radius 3 is 2.25 bits per heavy atom. The van der Waals surface area contributed by atoms with Gasteiger partial charge in [0.25, 0.3) is 0 Å². The normalized spacial score (nSPS) is 14.1. The summed E-state index contributed by atoms with van der Waals surface area (Å²) in [6.07, 6.45) is 4.06. The van der Waals surface area contributed by atoms with Gasteiger partial charge in [-0.25, -0.2) is 0 Å². The molecule has 0 spiro atoms. The Balaban J connectivity index is 1.73. The van der Waals surface area contributed by atoms with E-state index in [4.69, 9.17) is 5.11 Å². The van der Waals surface area contributed by atoms with Crippen LogP contribution in [0, 0.1) is 0 Å². The molecule has 0 aromatic heterocycles. The van der Waals surface area contributed by atoms with Crippen LogP contribution in [-0.4, -0.2) is 29.8 Å². The van der Waals surface area contributed by atoms with Gasteiger partial charge in [-0.1, -0.05) is 42.5 Å². The lowest BCUT2D eigenvalue weighted by Crippen LogP contribution is -2.27. The molecule has 0 radical (unpaired) electrons. The minimum Gasteiger partial charge on any atom is -0.395 e. The van der Waals surface area contributed by atoms with E-state index in [0.29, 0.717) is 6.54 Å². The van der Waals surface area contributed by atoms with E-state index in [1.165, 1.54) is 16.8 Å². The quantitative estimate of drug-likeness (QED) is 0.921. The van der Waals surface area contributed by atoms with E-state index in [1.54, 1.807) is 0 Å². The fourth-order valence-corrected chi connectivity index (χ4v) is 2.38. The number of aliphatic hydroxyl groups is 1. The summed E-state index contributed by atoms with van der Waals surface area (Å²) in [6, 6.07) is 18.9. The maximum Gasteiger partial charge on any atom is 0.0942 e. The molecular formula is C17H18N2O. The summed E-state index contributed by atoms with van der Waals surface area (Å²) in [7, 11) is 0. The van der Waals surface area contributed by atoms with Crippen LogP contribution in [0.2, 0.25) is 0 Å². The molecule has 1 aliphatic rings. The molecule has 1 N–H and O–H groups in total. The van der Waals surface area contributed by atoms with Crippen molar-refractivity contribution in [3.05, 3.63) is 67.0 Å². The number of rotatable bonds is 4. The van der Waals surface area contributed by atoms with Crippen LogP contribution >= 0.6 is 0 Å². The zero-order chi connectivity index (χ0) is 13.8. The van der Waals surface area contributed by atoms with Crippen LogP contribution in [0.1, 0.15) is 0 Å². The third kappa shape index (κ3) is 2.68. The monoisotopic (exact) mass is 266 g/mol. The molecule has 2 aromatic rings. The lowest BCUT2D eigenvalue weighted by molar-refractivity contribution is 0.244. The van der Waals surface area contributed by atoms with Crippen LogP contribution in [0.3, 0.4) is 0 Å². The second-order valence-corrected chi connectivity index (χ2v) is 4.86. The predicted octanol–water partition coefficient (Wildman–Crippen LogP) is 2.90. The molecule has 0 saturated carbocycles. The summed E-state index contributed by atoms with van der Waals surface area (Å²) in [5.74, 6) is 0. The van der Waals surface area contributed by atoms with Gasteiger partial charge in [0, 0.05) is 24.6 Å². The minimum absolute atomic E-state index is 0.186. The summed E-state index contributed by atoms with van der Waals surface area (Å²) >= 11 is 0. The van der Waals surface area contributed by atoms with E-state index in [9.17, 15) is 0 Å². The molecule has 1 aliphatic heterocycles. The Kier molecular flexibility index (Phi) is 3.70. The second kappa shape index (κ2) is 5.80. The molecule has 3 rings (SSSR count). The second-order valence-electron chi connectivity index (χ2n) is 4.86. The molecule has 0 aliphatic carbocycles. The number of hydrogen-bond acceptors (Lipinski definition) is 3. The summed E-state index contributed by atoms with van der Waals surface area (Å²) in [5, 5.41) is 8.95. The first kappa shape index (κ1) is 12.8. The molecule has 2 aromatic carbocycles. The van der Waals surface area contributed by atoms with Gasteiger partial charge in [-0.3, -0.25) is 0 Å². The van der Waals surface area contributed by atoms with Crippen LogP contribution in [0.25, 0.3) is 11.1 Å². The standard InChI is InChI=1S/C17H18N2O/c20-13-12-18-10-11-19(14-18)17-8-6-16(7-9-17)15-4-2-1-3-5-15/h1-11,20H,12-14H2. The average molecular weight is 266 g/mol. The highest BCUT2D eigenvalue weighted by Gasteiger charge is 2.12. The predicted molar refractivity (Wildman–Crippen MR) is 82.2 cm³/mol. The Morgan fingerprint density at radius 1 is 0.850 bits per heavy atom. The Labute approximate surface area is 119 Å². The van der Waals surface area contributed by atoms with Crippen molar-refractivity contribution in [3.8, 4) is 11.1 Å². The lowest BCUT2D eigenvalue weighted by Gasteiger charge is -2.20. The third-order valence-corrected chi connectivity index (χ3v) is 3.48. The van der Waals surface area contributed by atoms with Gasteiger partial charge in [0.05, 0.1) is 13.3 Å². The van der Waals surface area contributed by atoms with Gasteiger partial charge >= 0.3 is 0 Å². The van der Waals surface area contributed by atoms with Crippen molar-refractivity contribution < 1.29 is 5.11 Å². The first-order valence-corrected chi connectivity index (χ1v) is 6.82. The van der Waals surface area contributed by atoms with E-state index in [-0.39, 0.29) is 6.61 Å². The maximum absolute atomic E-state index is 8.95. The van der Waals surface area contributed by atoms with Crippen LogP contribution < -0.4 is 4.90 Å². The Bertz CT molecular complexity index is 578. The van der Waals surface area contributed by atoms with Crippen molar-refractivity contribution >= 4 is 5.69 Å². The molecule has 20 heavy (non-hydrogen) atoms. The third-order valence-electron chi connectivity index (χ3n) is 3.48. The largest absolute Gasteiger partial charge is 0.395 e. The summed E-state index contributed by atoms with van der Waals surface area (Å²) in [6.45, 7) is 1.66. The van der Waals surface area contributed by atoms with E-state index in [2.05, 4.69) is 58.3 Å². The summed E-state index contributed by atoms with van der Waals surface area (Å²) < 4.78 is 0. The van der Waals surface area contributed by atoms with E-state index in [0.717, 1.165) is 6.67 Å². The molecule has 0 saturated heterocycles. The number of nitrogens with zero attached hydrogens (tertiary/aromatic N) is 2. The van der Waals surface area contributed by atoms with Crippen molar-refractivity contribution in [1.82, 2.24) is 4.90 Å². The van der Waals surface area contributed by atoms with Gasteiger partial charge in [0.2, 0.25) is 0 Å². The SMILES string of the molecule is OCCN1C=CN(c2ccc(-c3ccccc3)cc2)C1.